The Hall–Kier alpha value is -3.35. The van der Waals surface area contributed by atoms with E-state index in [0.29, 0.717) is 28.5 Å². The fraction of sp³-hybridized carbons (Fsp3) is 0.0870. The Morgan fingerprint density at radius 2 is 1.77 bits per heavy atom. The second kappa shape index (κ2) is 10.6. The fourth-order valence-corrected chi connectivity index (χ4v) is 3.08. The number of benzene rings is 3. The number of ether oxygens (including phenoxy) is 2. The lowest BCUT2D eigenvalue weighted by atomic mass is 10.2. The standard InChI is InChI=1S/C23H18Cl2N2O4/c1-2-30-21-12-15(8-11-20(21)31-23(29)16-6-4-3-5-7-16)14-26-27-22(28)18-10-9-17(24)13-19(18)25/h3-14H,2H2,1H3,(H,27,28)/b26-14+. The van der Waals surface area contributed by atoms with Crippen molar-refractivity contribution in [1.82, 2.24) is 5.43 Å². The molecule has 0 aliphatic carbocycles. The second-order valence-electron chi connectivity index (χ2n) is 6.22. The first-order valence-electron chi connectivity index (χ1n) is 9.30. The Kier molecular flexibility index (Phi) is 7.65. The van der Waals surface area contributed by atoms with Crippen LogP contribution in [0.1, 0.15) is 33.2 Å². The first-order chi connectivity index (χ1) is 15.0. The van der Waals surface area contributed by atoms with Crippen LogP contribution in [-0.2, 0) is 0 Å². The number of carbonyl (C=O) groups excluding carboxylic acids is 2. The van der Waals surface area contributed by atoms with Crippen LogP contribution >= 0.6 is 23.2 Å². The van der Waals surface area contributed by atoms with Gasteiger partial charge in [0.2, 0.25) is 0 Å². The van der Waals surface area contributed by atoms with E-state index >= 15 is 0 Å². The number of nitrogens with one attached hydrogen (secondary N) is 1. The molecule has 1 amide bonds. The van der Waals surface area contributed by atoms with Gasteiger partial charge >= 0.3 is 5.97 Å². The molecule has 1 N–H and O–H groups in total. The van der Waals surface area contributed by atoms with Crippen LogP contribution in [0.2, 0.25) is 10.0 Å². The Bertz CT molecular complexity index is 1120. The molecule has 3 rings (SSSR count). The zero-order chi connectivity index (χ0) is 22.2. The smallest absolute Gasteiger partial charge is 0.343 e. The summed E-state index contributed by atoms with van der Waals surface area (Å²) in [6.45, 7) is 2.20. The molecule has 0 fully saturated rings. The number of hydrogen-bond acceptors (Lipinski definition) is 5. The lowest BCUT2D eigenvalue weighted by molar-refractivity contribution is 0.0728. The number of hydrazone groups is 1. The van der Waals surface area contributed by atoms with Crippen molar-refractivity contribution in [2.75, 3.05) is 6.61 Å². The molecular weight excluding hydrogens is 439 g/mol. The third-order valence-corrected chi connectivity index (χ3v) is 4.58. The van der Waals surface area contributed by atoms with E-state index in [4.69, 9.17) is 32.7 Å². The van der Waals surface area contributed by atoms with Gasteiger partial charge in [0.05, 0.1) is 29.0 Å². The van der Waals surface area contributed by atoms with E-state index in [9.17, 15) is 9.59 Å². The molecule has 0 saturated heterocycles. The van der Waals surface area contributed by atoms with Gasteiger partial charge in [-0.15, -0.1) is 0 Å². The van der Waals surface area contributed by atoms with Crippen LogP contribution in [0.15, 0.2) is 71.8 Å². The molecule has 158 valence electrons. The molecule has 0 atom stereocenters. The molecular formula is C23H18Cl2N2O4. The molecule has 0 spiro atoms. The summed E-state index contributed by atoms with van der Waals surface area (Å²) in [5.74, 6) is -0.306. The molecule has 0 heterocycles. The van der Waals surface area contributed by atoms with Gasteiger partial charge in [-0.25, -0.2) is 10.2 Å². The summed E-state index contributed by atoms with van der Waals surface area (Å²) < 4.78 is 11.0. The fourth-order valence-electron chi connectivity index (χ4n) is 2.59. The summed E-state index contributed by atoms with van der Waals surface area (Å²) in [7, 11) is 0. The minimum absolute atomic E-state index is 0.225. The van der Waals surface area contributed by atoms with Crippen LogP contribution in [0.25, 0.3) is 0 Å². The normalized spacial score (nSPS) is 10.7. The van der Waals surface area contributed by atoms with Gasteiger partial charge in [0, 0.05) is 5.02 Å². The van der Waals surface area contributed by atoms with E-state index < -0.39 is 11.9 Å². The van der Waals surface area contributed by atoms with Gasteiger partial charge in [0.25, 0.3) is 5.91 Å². The van der Waals surface area contributed by atoms with Crippen molar-refractivity contribution in [3.8, 4) is 11.5 Å². The maximum Gasteiger partial charge on any atom is 0.343 e. The molecule has 3 aromatic carbocycles. The molecule has 0 saturated carbocycles. The van der Waals surface area contributed by atoms with Gasteiger partial charge in [-0.3, -0.25) is 4.79 Å². The van der Waals surface area contributed by atoms with E-state index in [1.54, 1.807) is 48.5 Å². The quantitative estimate of drug-likeness (QED) is 0.224. The summed E-state index contributed by atoms with van der Waals surface area (Å²) in [5.41, 5.74) is 3.72. The number of hydrogen-bond donors (Lipinski definition) is 1. The molecule has 0 aliphatic heterocycles. The Morgan fingerprint density at radius 1 is 1.00 bits per heavy atom. The molecule has 0 aromatic heterocycles. The molecule has 0 unspecified atom stereocenters. The van der Waals surface area contributed by atoms with Gasteiger partial charge in [0.15, 0.2) is 11.5 Å². The highest BCUT2D eigenvalue weighted by Crippen LogP contribution is 2.29. The maximum absolute atomic E-state index is 12.3. The highest BCUT2D eigenvalue weighted by molar-refractivity contribution is 6.36. The first-order valence-corrected chi connectivity index (χ1v) is 10.1. The van der Waals surface area contributed by atoms with Crippen LogP contribution in [0.3, 0.4) is 0 Å². The summed E-state index contributed by atoms with van der Waals surface area (Å²) in [5, 5.41) is 4.60. The summed E-state index contributed by atoms with van der Waals surface area (Å²) >= 11 is 11.9. The van der Waals surface area contributed by atoms with Gasteiger partial charge in [-0.1, -0.05) is 41.4 Å². The van der Waals surface area contributed by atoms with Crippen LogP contribution in [0.5, 0.6) is 11.5 Å². The highest BCUT2D eigenvalue weighted by atomic mass is 35.5. The summed E-state index contributed by atoms with van der Waals surface area (Å²) in [4.78, 5) is 24.5. The van der Waals surface area contributed by atoms with Crippen LogP contribution in [0, 0.1) is 0 Å². The third-order valence-electron chi connectivity index (χ3n) is 4.04. The average molecular weight is 457 g/mol. The van der Waals surface area contributed by atoms with Crippen LogP contribution < -0.4 is 14.9 Å². The monoisotopic (exact) mass is 456 g/mol. The second-order valence-corrected chi connectivity index (χ2v) is 7.06. The topological polar surface area (TPSA) is 77.0 Å². The predicted molar refractivity (Wildman–Crippen MR) is 121 cm³/mol. The number of amides is 1. The van der Waals surface area contributed by atoms with Crippen molar-refractivity contribution in [2.24, 2.45) is 5.10 Å². The lowest BCUT2D eigenvalue weighted by Gasteiger charge is -2.11. The van der Waals surface area contributed by atoms with E-state index in [1.807, 2.05) is 13.0 Å². The van der Waals surface area contributed by atoms with Crippen LogP contribution in [0.4, 0.5) is 0 Å². The van der Waals surface area contributed by atoms with Gasteiger partial charge in [-0.05, 0) is 61.0 Å². The number of rotatable bonds is 7. The van der Waals surface area contributed by atoms with Gasteiger partial charge in [-0.2, -0.15) is 5.10 Å². The SMILES string of the molecule is CCOc1cc(/C=N/NC(=O)c2ccc(Cl)cc2Cl)ccc1OC(=O)c1ccccc1. The van der Waals surface area contributed by atoms with Crippen molar-refractivity contribution >= 4 is 41.3 Å². The predicted octanol–water partition coefficient (Wildman–Crippen LogP) is 5.38. The summed E-state index contributed by atoms with van der Waals surface area (Å²) in [6, 6.07) is 18.2. The summed E-state index contributed by atoms with van der Waals surface area (Å²) in [6.07, 6.45) is 1.44. The van der Waals surface area contributed by atoms with Crippen molar-refractivity contribution in [3.05, 3.63) is 93.5 Å². The first kappa shape index (κ1) is 22.3. The number of carbonyl (C=O) groups is 2. The molecule has 0 radical (unpaired) electrons. The number of esters is 1. The molecule has 3 aromatic rings. The van der Waals surface area contributed by atoms with Gasteiger partial charge in [0.1, 0.15) is 0 Å². The number of halogens is 2. The molecule has 6 nitrogen and oxygen atoms in total. The number of nitrogens with zero attached hydrogens (tertiary/aromatic N) is 1. The van der Waals surface area contributed by atoms with E-state index in [-0.39, 0.29) is 16.3 Å². The largest absolute Gasteiger partial charge is 0.490 e. The van der Waals surface area contributed by atoms with Crippen molar-refractivity contribution in [1.29, 1.82) is 0 Å². The minimum Gasteiger partial charge on any atom is -0.490 e. The maximum atomic E-state index is 12.3. The van der Waals surface area contributed by atoms with E-state index in [0.717, 1.165) is 0 Å². The third kappa shape index (κ3) is 6.07. The molecule has 0 aliphatic rings. The Balaban J connectivity index is 1.71. The Labute approximate surface area is 189 Å². The minimum atomic E-state index is -0.491. The van der Waals surface area contributed by atoms with Crippen molar-refractivity contribution < 1.29 is 19.1 Å². The Morgan fingerprint density at radius 3 is 2.48 bits per heavy atom. The van der Waals surface area contributed by atoms with Crippen LogP contribution in [-0.4, -0.2) is 24.7 Å². The molecule has 8 heteroatoms. The average Bonchev–Trinajstić information content (AvgIpc) is 2.76. The lowest BCUT2D eigenvalue weighted by Crippen LogP contribution is -2.18. The zero-order valence-electron chi connectivity index (χ0n) is 16.5. The molecule has 31 heavy (non-hydrogen) atoms. The van der Waals surface area contributed by atoms with E-state index in [2.05, 4.69) is 10.5 Å². The van der Waals surface area contributed by atoms with Gasteiger partial charge < -0.3 is 9.47 Å². The molecule has 0 bridgehead atoms. The van der Waals surface area contributed by atoms with Crippen molar-refractivity contribution in [3.63, 3.8) is 0 Å². The van der Waals surface area contributed by atoms with Crippen molar-refractivity contribution in [2.45, 2.75) is 6.92 Å². The zero-order valence-corrected chi connectivity index (χ0v) is 18.0. The highest BCUT2D eigenvalue weighted by Gasteiger charge is 2.13. The van der Waals surface area contributed by atoms with E-state index in [1.165, 1.54) is 18.3 Å².